The Balaban J connectivity index is 1.54. The van der Waals surface area contributed by atoms with Crippen LogP contribution in [0, 0.1) is 0 Å². The van der Waals surface area contributed by atoms with Gasteiger partial charge in [-0.2, -0.15) is 0 Å². The van der Waals surface area contributed by atoms with Crippen molar-refractivity contribution in [1.29, 1.82) is 0 Å². The van der Waals surface area contributed by atoms with Gasteiger partial charge in [0.1, 0.15) is 5.75 Å². The van der Waals surface area contributed by atoms with E-state index in [1.165, 1.54) is 0 Å². The summed E-state index contributed by atoms with van der Waals surface area (Å²) in [6, 6.07) is 34.1. The highest BCUT2D eigenvalue weighted by molar-refractivity contribution is 9.10. The Morgan fingerprint density at radius 1 is 0.765 bits per heavy atom. The summed E-state index contributed by atoms with van der Waals surface area (Å²) >= 11 is 3.53. The summed E-state index contributed by atoms with van der Waals surface area (Å²) in [6.45, 7) is 0. The molecule has 0 spiro atoms. The lowest BCUT2D eigenvalue weighted by Gasteiger charge is -2.21. The van der Waals surface area contributed by atoms with Gasteiger partial charge in [-0.15, -0.1) is 0 Å². The zero-order valence-corrected chi connectivity index (χ0v) is 20.2. The Morgan fingerprint density at radius 3 is 2.00 bits per heavy atom. The summed E-state index contributed by atoms with van der Waals surface area (Å²) < 4.78 is 6.17. The second kappa shape index (κ2) is 9.54. The highest BCUT2D eigenvalue weighted by atomic mass is 79.9. The molecule has 1 amide bonds. The molecule has 0 saturated heterocycles. The molecule has 1 aliphatic heterocycles. The van der Waals surface area contributed by atoms with Crippen LogP contribution in [0.3, 0.4) is 0 Å². The first kappa shape index (κ1) is 21.9. The molecule has 4 aromatic rings. The maximum absolute atomic E-state index is 13.6. The zero-order valence-electron chi connectivity index (χ0n) is 18.6. The van der Waals surface area contributed by atoms with Crippen molar-refractivity contribution in [3.8, 4) is 16.9 Å². The molecule has 0 atom stereocenters. The standard InChI is InChI=1S/C30H22BrNO2/c1-34-29-17-12-21(19-27(29)31)18-25-20-28(24-10-6-3-7-11-24)32(30(25)33)26-15-13-23(14-16-26)22-8-4-2-5-9-22/h2-20H,1H3/b25-18+. The van der Waals surface area contributed by atoms with Gasteiger partial charge in [0.15, 0.2) is 0 Å². The normalized spacial score (nSPS) is 14.4. The molecule has 0 radical (unpaired) electrons. The molecular weight excluding hydrogens is 486 g/mol. The van der Waals surface area contributed by atoms with E-state index in [0.29, 0.717) is 5.57 Å². The number of rotatable bonds is 5. The topological polar surface area (TPSA) is 29.5 Å². The van der Waals surface area contributed by atoms with Crippen LogP contribution in [-0.2, 0) is 4.79 Å². The molecular formula is C30H22BrNO2. The van der Waals surface area contributed by atoms with Crippen molar-refractivity contribution in [3.05, 3.63) is 130 Å². The van der Waals surface area contributed by atoms with Crippen LogP contribution in [0.1, 0.15) is 11.1 Å². The predicted octanol–water partition coefficient (Wildman–Crippen LogP) is 7.60. The first-order chi connectivity index (χ1) is 16.6. The van der Waals surface area contributed by atoms with Crippen LogP contribution in [-0.4, -0.2) is 13.0 Å². The maximum atomic E-state index is 13.6. The van der Waals surface area contributed by atoms with Gasteiger partial charge in [-0.05, 0) is 74.6 Å². The number of nitrogens with zero attached hydrogens (tertiary/aromatic N) is 1. The molecule has 1 aliphatic rings. The van der Waals surface area contributed by atoms with Crippen molar-refractivity contribution in [2.24, 2.45) is 0 Å². The first-order valence-electron chi connectivity index (χ1n) is 11.0. The highest BCUT2D eigenvalue weighted by Crippen LogP contribution is 2.36. The van der Waals surface area contributed by atoms with E-state index in [2.05, 4.69) is 40.2 Å². The van der Waals surface area contributed by atoms with Gasteiger partial charge in [0.25, 0.3) is 5.91 Å². The van der Waals surface area contributed by atoms with Gasteiger partial charge in [0.05, 0.1) is 17.3 Å². The number of carbonyl (C=O) groups is 1. The molecule has 4 aromatic carbocycles. The molecule has 0 unspecified atom stereocenters. The van der Waals surface area contributed by atoms with Crippen LogP contribution in [0.4, 0.5) is 5.69 Å². The van der Waals surface area contributed by atoms with E-state index >= 15 is 0 Å². The fraction of sp³-hybridized carbons (Fsp3) is 0.0333. The maximum Gasteiger partial charge on any atom is 0.262 e. The lowest BCUT2D eigenvalue weighted by molar-refractivity contribution is -0.113. The van der Waals surface area contributed by atoms with Crippen LogP contribution in [0.25, 0.3) is 22.9 Å². The van der Waals surface area contributed by atoms with Crippen LogP contribution in [0.15, 0.2) is 119 Å². The molecule has 0 N–H and O–H groups in total. The third-order valence-electron chi connectivity index (χ3n) is 5.78. The lowest BCUT2D eigenvalue weighted by Crippen LogP contribution is -2.24. The van der Waals surface area contributed by atoms with Crippen LogP contribution in [0.5, 0.6) is 5.75 Å². The number of benzene rings is 4. The van der Waals surface area contributed by atoms with Crippen LogP contribution in [0.2, 0.25) is 0 Å². The van der Waals surface area contributed by atoms with E-state index in [9.17, 15) is 4.79 Å². The molecule has 5 rings (SSSR count). The average Bonchev–Trinajstić information content (AvgIpc) is 3.21. The van der Waals surface area contributed by atoms with E-state index in [-0.39, 0.29) is 5.91 Å². The highest BCUT2D eigenvalue weighted by Gasteiger charge is 2.30. The predicted molar refractivity (Wildman–Crippen MR) is 142 cm³/mol. The van der Waals surface area contributed by atoms with Crippen LogP contribution < -0.4 is 9.64 Å². The molecule has 0 aliphatic carbocycles. The molecule has 1 heterocycles. The van der Waals surface area contributed by atoms with Gasteiger partial charge in [-0.3, -0.25) is 9.69 Å². The molecule has 0 aromatic heterocycles. The second-order valence-electron chi connectivity index (χ2n) is 7.94. The Bertz CT molecular complexity index is 1390. The van der Waals surface area contributed by atoms with Gasteiger partial charge in [-0.1, -0.05) is 78.9 Å². The van der Waals surface area contributed by atoms with Gasteiger partial charge >= 0.3 is 0 Å². The third-order valence-corrected chi connectivity index (χ3v) is 6.40. The number of methoxy groups -OCH3 is 1. The molecule has 166 valence electrons. The van der Waals surface area contributed by atoms with Gasteiger partial charge in [0, 0.05) is 11.3 Å². The number of ether oxygens (including phenoxy) is 1. The lowest BCUT2D eigenvalue weighted by atomic mass is 10.0. The smallest absolute Gasteiger partial charge is 0.262 e. The number of hydrogen-bond donors (Lipinski definition) is 0. The fourth-order valence-corrected chi connectivity index (χ4v) is 4.64. The van der Waals surface area contributed by atoms with Crippen molar-refractivity contribution in [2.75, 3.05) is 12.0 Å². The average molecular weight is 508 g/mol. The van der Waals surface area contributed by atoms with Gasteiger partial charge < -0.3 is 4.74 Å². The summed E-state index contributed by atoms with van der Waals surface area (Å²) in [5.41, 5.74) is 6.48. The van der Waals surface area contributed by atoms with Crippen molar-refractivity contribution < 1.29 is 9.53 Å². The Hall–Kier alpha value is -3.89. The number of halogens is 1. The largest absolute Gasteiger partial charge is 0.496 e. The molecule has 0 fully saturated rings. The molecule has 34 heavy (non-hydrogen) atoms. The summed E-state index contributed by atoms with van der Waals surface area (Å²) in [4.78, 5) is 15.4. The number of hydrogen-bond acceptors (Lipinski definition) is 2. The zero-order chi connectivity index (χ0) is 23.5. The van der Waals surface area contributed by atoms with Crippen molar-refractivity contribution in [3.63, 3.8) is 0 Å². The van der Waals surface area contributed by atoms with Crippen molar-refractivity contribution >= 4 is 39.3 Å². The van der Waals surface area contributed by atoms with E-state index in [0.717, 1.165) is 43.9 Å². The molecule has 3 nitrogen and oxygen atoms in total. The van der Waals surface area contributed by atoms with Crippen molar-refractivity contribution in [1.82, 2.24) is 0 Å². The first-order valence-corrected chi connectivity index (χ1v) is 11.8. The van der Waals surface area contributed by atoms with Crippen molar-refractivity contribution in [2.45, 2.75) is 0 Å². The quantitative estimate of drug-likeness (QED) is 0.260. The number of amides is 1. The summed E-state index contributed by atoms with van der Waals surface area (Å²) in [5.74, 6) is 0.693. The Kier molecular flexibility index (Phi) is 6.15. The molecule has 0 saturated carbocycles. The van der Waals surface area contributed by atoms with Gasteiger partial charge in [0.2, 0.25) is 0 Å². The fourth-order valence-electron chi connectivity index (χ4n) is 4.08. The van der Waals surface area contributed by atoms with E-state index in [1.807, 2.05) is 91.0 Å². The second-order valence-corrected chi connectivity index (χ2v) is 8.80. The molecule has 4 heteroatoms. The van der Waals surface area contributed by atoms with E-state index in [4.69, 9.17) is 4.74 Å². The van der Waals surface area contributed by atoms with E-state index in [1.54, 1.807) is 12.0 Å². The Labute approximate surface area is 207 Å². The monoisotopic (exact) mass is 507 g/mol. The SMILES string of the molecule is COc1ccc(/C=C2\C=C(c3ccccc3)N(c3ccc(-c4ccccc4)cc3)C2=O)cc1Br. The summed E-state index contributed by atoms with van der Waals surface area (Å²) in [5, 5.41) is 0. The number of carbonyl (C=O) groups excluding carboxylic acids is 1. The van der Waals surface area contributed by atoms with E-state index < -0.39 is 0 Å². The van der Waals surface area contributed by atoms with Gasteiger partial charge in [-0.25, -0.2) is 0 Å². The van der Waals surface area contributed by atoms with Crippen LogP contribution >= 0.6 is 15.9 Å². The Morgan fingerprint density at radius 2 is 1.38 bits per heavy atom. The summed E-state index contributed by atoms with van der Waals surface area (Å²) in [6.07, 6.45) is 3.87. The minimum absolute atomic E-state index is 0.0572. The minimum atomic E-state index is -0.0572. The third kappa shape index (κ3) is 4.33. The molecule has 0 bridgehead atoms. The summed E-state index contributed by atoms with van der Waals surface area (Å²) in [7, 11) is 1.63. The number of anilines is 1. The minimum Gasteiger partial charge on any atom is -0.496 e.